The van der Waals surface area contributed by atoms with Gasteiger partial charge in [-0.25, -0.2) is 9.97 Å². The van der Waals surface area contributed by atoms with Crippen molar-refractivity contribution in [1.82, 2.24) is 20.2 Å². The van der Waals surface area contributed by atoms with Crippen LogP contribution in [0.15, 0.2) is 6.20 Å². The number of amides is 1. The van der Waals surface area contributed by atoms with Gasteiger partial charge in [0.05, 0.1) is 18.8 Å². The van der Waals surface area contributed by atoms with E-state index in [0.717, 1.165) is 31.9 Å². The van der Waals surface area contributed by atoms with Crippen molar-refractivity contribution in [2.45, 2.75) is 50.0 Å². The molecule has 7 nitrogen and oxygen atoms in total. The molecule has 4 rings (SSSR count). The molecule has 1 aromatic rings. The lowest BCUT2D eigenvalue weighted by Crippen LogP contribution is -2.43. The van der Waals surface area contributed by atoms with Crippen molar-refractivity contribution in [3.63, 3.8) is 0 Å². The predicted octanol–water partition coefficient (Wildman–Crippen LogP) is 1.66. The summed E-state index contributed by atoms with van der Waals surface area (Å²) in [7, 11) is 0. The molecule has 2 N–H and O–H groups in total. The highest BCUT2D eigenvalue weighted by Gasteiger charge is 2.40. The molecule has 2 bridgehead atoms. The maximum Gasteiger partial charge on any atom is 0.434 e. The van der Waals surface area contributed by atoms with E-state index in [1.54, 1.807) is 0 Å². The molecule has 2 unspecified atom stereocenters. The Bertz CT molecular complexity index is 696. The van der Waals surface area contributed by atoms with E-state index in [0.29, 0.717) is 25.3 Å². The van der Waals surface area contributed by atoms with Gasteiger partial charge < -0.3 is 20.3 Å². The molecule has 0 saturated carbocycles. The Balaban J connectivity index is 1.55. The van der Waals surface area contributed by atoms with Crippen LogP contribution in [0.25, 0.3) is 0 Å². The monoisotopic (exact) mass is 385 g/mol. The minimum atomic E-state index is -4.73. The van der Waals surface area contributed by atoms with E-state index in [2.05, 4.69) is 20.6 Å². The second-order valence-electron chi connectivity index (χ2n) is 7.31. The van der Waals surface area contributed by atoms with E-state index in [4.69, 9.17) is 4.74 Å². The molecule has 3 saturated heterocycles. The van der Waals surface area contributed by atoms with Gasteiger partial charge in [-0.2, -0.15) is 13.2 Å². The molecule has 10 heteroatoms. The third kappa shape index (κ3) is 4.01. The molecule has 2 atom stereocenters. The van der Waals surface area contributed by atoms with Gasteiger partial charge >= 0.3 is 6.18 Å². The van der Waals surface area contributed by atoms with Crippen LogP contribution in [0.1, 0.15) is 41.7 Å². The Morgan fingerprint density at radius 1 is 1.22 bits per heavy atom. The number of alkyl halides is 3. The lowest BCUT2D eigenvalue weighted by atomic mass is 10.00. The van der Waals surface area contributed by atoms with E-state index in [1.807, 2.05) is 0 Å². The van der Waals surface area contributed by atoms with Crippen LogP contribution in [0.5, 0.6) is 0 Å². The molecule has 3 aliphatic rings. The molecular formula is C17H22F3N5O2. The number of aromatic nitrogens is 2. The van der Waals surface area contributed by atoms with Crippen LogP contribution < -0.4 is 10.6 Å². The number of nitrogens with zero attached hydrogens (tertiary/aromatic N) is 3. The summed E-state index contributed by atoms with van der Waals surface area (Å²) in [6, 6.07) is 0.821. The van der Waals surface area contributed by atoms with Crippen molar-refractivity contribution in [3.8, 4) is 0 Å². The van der Waals surface area contributed by atoms with Crippen LogP contribution in [0.3, 0.4) is 0 Å². The Kier molecular flexibility index (Phi) is 4.94. The molecule has 0 aromatic carbocycles. The fourth-order valence-electron chi connectivity index (χ4n) is 4.12. The lowest BCUT2D eigenvalue weighted by molar-refractivity contribution is -0.141. The van der Waals surface area contributed by atoms with Crippen LogP contribution in [0, 0.1) is 0 Å². The maximum absolute atomic E-state index is 13.5. The second kappa shape index (κ2) is 7.23. The number of rotatable bonds is 3. The van der Waals surface area contributed by atoms with Crippen molar-refractivity contribution in [1.29, 1.82) is 0 Å². The van der Waals surface area contributed by atoms with E-state index < -0.39 is 23.3 Å². The third-order valence-electron chi connectivity index (χ3n) is 5.39. The SMILES string of the molecule is O=C(c1cnc(NC2CC3CCC(C2)N3)nc1C(F)(F)F)N1CCOCC1. The third-order valence-corrected chi connectivity index (χ3v) is 5.39. The van der Waals surface area contributed by atoms with Crippen LogP contribution in [-0.4, -0.2) is 65.2 Å². The normalized spacial score (nSPS) is 28.3. The zero-order chi connectivity index (χ0) is 19.0. The van der Waals surface area contributed by atoms with Gasteiger partial charge in [-0.05, 0) is 25.7 Å². The van der Waals surface area contributed by atoms with Gasteiger partial charge in [0, 0.05) is 37.4 Å². The van der Waals surface area contributed by atoms with Crippen LogP contribution in [-0.2, 0) is 10.9 Å². The number of nitrogens with one attached hydrogen (secondary N) is 2. The average Bonchev–Trinajstić information content (AvgIpc) is 2.99. The average molecular weight is 385 g/mol. The predicted molar refractivity (Wildman–Crippen MR) is 90.3 cm³/mol. The lowest BCUT2D eigenvalue weighted by Gasteiger charge is -2.30. The van der Waals surface area contributed by atoms with E-state index in [1.165, 1.54) is 4.90 Å². The Hall–Kier alpha value is -1.94. The number of morpholine rings is 1. The van der Waals surface area contributed by atoms with Crippen molar-refractivity contribution in [2.24, 2.45) is 0 Å². The number of piperidine rings is 1. The number of halogens is 3. The zero-order valence-electron chi connectivity index (χ0n) is 14.8. The highest BCUT2D eigenvalue weighted by atomic mass is 19.4. The molecule has 27 heavy (non-hydrogen) atoms. The van der Waals surface area contributed by atoms with Crippen molar-refractivity contribution in [2.75, 3.05) is 31.6 Å². The molecule has 0 aliphatic carbocycles. The summed E-state index contributed by atoms with van der Waals surface area (Å²) in [5.74, 6) is -0.788. The summed E-state index contributed by atoms with van der Waals surface area (Å²) in [5.41, 5.74) is -1.70. The summed E-state index contributed by atoms with van der Waals surface area (Å²) in [6.07, 6.45) is 0.0930. The van der Waals surface area contributed by atoms with Crippen LogP contribution >= 0.6 is 0 Å². The number of hydrogen-bond acceptors (Lipinski definition) is 6. The number of anilines is 1. The van der Waals surface area contributed by atoms with E-state index in [-0.39, 0.29) is 25.1 Å². The minimum absolute atomic E-state index is 0.0330. The van der Waals surface area contributed by atoms with Crippen molar-refractivity contribution < 1.29 is 22.7 Å². The summed E-state index contributed by atoms with van der Waals surface area (Å²) in [4.78, 5) is 21.6. The van der Waals surface area contributed by atoms with Gasteiger partial charge in [0.15, 0.2) is 5.69 Å². The van der Waals surface area contributed by atoms with Gasteiger partial charge in [-0.1, -0.05) is 0 Å². The Morgan fingerprint density at radius 3 is 2.52 bits per heavy atom. The van der Waals surface area contributed by atoms with Crippen LogP contribution in [0.2, 0.25) is 0 Å². The fraction of sp³-hybridized carbons (Fsp3) is 0.706. The highest BCUT2D eigenvalue weighted by Crippen LogP contribution is 2.33. The fourth-order valence-corrected chi connectivity index (χ4v) is 4.12. The molecule has 1 aromatic heterocycles. The van der Waals surface area contributed by atoms with Gasteiger partial charge in [-0.3, -0.25) is 4.79 Å². The molecule has 0 radical (unpaired) electrons. The first-order chi connectivity index (χ1) is 12.9. The number of carbonyl (C=O) groups is 1. The van der Waals surface area contributed by atoms with Crippen LogP contribution in [0.4, 0.5) is 19.1 Å². The summed E-state index contributed by atoms with van der Waals surface area (Å²) >= 11 is 0. The Labute approximate surface area is 154 Å². The molecule has 3 fully saturated rings. The van der Waals surface area contributed by atoms with E-state index in [9.17, 15) is 18.0 Å². The molecule has 148 valence electrons. The minimum Gasteiger partial charge on any atom is -0.378 e. The molecule has 4 heterocycles. The second-order valence-corrected chi connectivity index (χ2v) is 7.31. The molecule has 0 spiro atoms. The van der Waals surface area contributed by atoms with Crippen molar-refractivity contribution in [3.05, 3.63) is 17.5 Å². The smallest absolute Gasteiger partial charge is 0.378 e. The van der Waals surface area contributed by atoms with Gasteiger partial charge in [-0.15, -0.1) is 0 Å². The van der Waals surface area contributed by atoms with Gasteiger partial charge in [0.2, 0.25) is 5.95 Å². The van der Waals surface area contributed by atoms with E-state index >= 15 is 0 Å². The molecular weight excluding hydrogens is 363 g/mol. The highest BCUT2D eigenvalue weighted by molar-refractivity contribution is 5.95. The summed E-state index contributed by atoms with van der Waals surface area (Å²) in [5, 5.41) is 6.51. The topological polar surface area (TPSA) is 79.4 Å². The summed E-state index contributed by atoms with van der Waals surface area (Å²) < 4.78 is 45.8. The first-order valence-electron chi connectivity index (χ1n) is 9.24. The van der Waals surface area contributed by atoms with Gasteiger partial charge in [0.1, 0.15) is 0 Å². The van der Waals surface area contributed by atoms with Gasteiger partial charge in [0.25, 0.3) is 5.91 Å². The summed E-state index contributed by atoms with van der Waals surface area (Å²) in [6.45, 7) is 1.14. The standard InChI is InChI=1S/C17H22F3N5O2/c18-17(19,20)14-13(15(26)25-3-5-27-6-4-25)9-21-16(24-14)23-12-7-10-1-2-11(8-12)22-10/h9-12,22H,1-8H2,(H,21,23,24). The zero-order valence-corrected chi connectivity index (χ0v) is 14.8. The van der Waals surface area contributed by atoms with Crippen molar-refractivity contribution >= 4 is 11.9 Å². The number of carbonyl (C=O) groups excluding carboxylic acids is 1. The number of fused-ring (bicyclic) bond motifs is 2. The molecule has 1 amide bonds. The first kappa shape index (κ1) is 18.4. The Morgan fingerprint density at radius 2 is 1.89 bits per heavy atom. The largest absolute Gasteiger partial charge is 0.434 e. The maximum atomic E-state index is 13.5. The quantitative estimate of drug-likeness (QED) is 0.824. The molecule has 3 aliphatic heterocycles. The number of ether oxygens (including phenoxy) is 1. The number of hydrogen-bond donors (Lipinski definition) is 2. The first-order valence-corrected chi connectivity index (χ1v) is 9.24.